The molecule has 2 aromatic rings. The first-order valence-electron chi connectivity index (χ1n) is 8.45. The molecule has 1 aliphatic heterocycles. The maximum Gasteiger partial charge on any atom is 0.218 e. The van der Waals surface area contributed by atoms with E-state index in [1.165, 1.54) is 28.6 Å². The predicted octanol–water partition coefficient (Wildman–Crippen LogP) is 3.16. The molecule has 0 amide bonds. The fourth-order valence-electron chi connectivity index (χ4n) is 3.21. The van der Waals surface area contributed by atoms with Crippen molar-refractivity contribution >= 4 is 10.0 Å². The standard InChI is InChI=1S/C19H22FNO4S/c1-14-19-8-7-18(24-2)13-15(19)9-10-21(14)26(22,23)12-11-25-17-5-3-16(20)4-6-17/h3-8,13-14H,9-12H2,1-2H3. The van der Waals surface area contributed by atoms with E-state index in [1.54, 1.807) is 7.11 Å². The van der Waals surface area contributed by atoms with Crippen LogP contribution in [0.15, 0.2) is 42.5 Å². The van der Waals surface area contributed by atoms with Crippen LogP contribution in [0.5, 0.6) is 11.5 Å². The Labute approximate surface area is 153 Å². The zero-order valence-corrected chi connectivity index (χ0v) is 15.6. The van der Waals surface area contributed by atoms with E-state index >= 15 is 0 Å². The molecule has 2 aromatic carbocycles. The van der Waals surface area contributed by atoms with Gasteiger partial charge in [-0.05, 0) is 60.9 Å². The third-order valence-electron chi connectivity index (χ3n) is 4.61. The highest BCUT2D eigenvalue weighted by atomic mass is 32.2. The van der Waals surface area contributed by atoms with Crippen molar-refractivity contribution in [2.75, 3.05) is 26.0 Å². The minimum absolute atomic E-state index is 0.0205. The molecule has 0 fully saturated rings. The predicted molar refractivity (Wildman–Crippen MR) is 97.5 cm³/mol. The number of benzene rings is 2. The Kier molecular flexibility index (Phi) is 5.48. The van der Waals surface area contributed by atoms with Crippen LogP contribution in [0.25, 0.3) is 0 Å². The lowest BCUT2D eigenvalue weighted by molar-refractivity contribution is 0.309. The molecule has 0 radical (unpaired) electrons. The molecule has 0 bridgehead atoms. The third kappa shape index (κ3) is 3.99. The summed E-state index contributed by atoms with van der Waals surface area (Å²) in [6, 6.07) is 11.0. The summed E-state index contributed by atoms with van der Waals surface area (Å²) < 4.78 is 50.6. The van der Waals surface area contributed by atoms with Gasteiger partial charge in [0.05, 0.1) is 12.9 Å². The van der Waals surface area contributed by atoms with Crippen molar-refractivity contribution in [3.8, 4) is 11.5 Å². The number of halogens is 1. The molecule has 5 nitrogen and oxygen atoms in total. The number of hydrogen-bond donors (Lipinski definition) is 0. The van der Waals surface area contributed by atoms with E-state index in [-0.39, 0.29) is 24.2 Å². The molecule has 0 N–H and O–H groups in total. The third-order valence-corrected chi connectivity index (χ3v) is 6.51. The van der Waals surface area contributed by atoms with Gasteiger partial charge < -0.3 is 9.47 Å². The molecule has 7 heteroatoms. The molecule has 1 unspecified atom stereocenters. The maximum atomic E-state index is 12.9. The Balaban J connectivity index is 1.66. The van der Waals surface area contributed by atoms with Gasteiger partial charge in [0, 0.05) is 12.6 Å². The summed E-state index contributed by atoms with van der Waals surface area (Å²) >= 11 is 0. The first kappa shape index (κ1) is 18.7. The zero-order chi connectivity index (χ0) is 18.7. The lowest BCUT2D eigenvalue weighted by Gasteiger charge is -2.34. The van der Waals surface area contributed by atoms with Crippen LogP contribution in [0, 0.1) is 5.82 Å². The van der Waals surface area contributed by atoms with Crippen molar-refractivity contribution in [3.63, 3.8) is 0 Å². The molecule has 0 aliphatic carbocycles. The lowest BCUT2D eigenvalue weighted by Crippen LogP contribution is -2.41. The average Bonchev–Trinajstić information content (AvgIpc) is 2.63. The second kappa shape index (κ2) is 7.63. The van der Waals surface area contributed by atoms with Crippen LogP contribution in [-0.4, -0.2) is 38.7 Å². The molecule has 1 heterocycles. The normalized spacial score (nSPS) is 17.6. The van der Waals surface area contributed by atoms with Gasteiger partial charge in [0.15, 0.2) is 0 Å². The highest BCUT2D eigenvalue weighted by molar-refractivity contribution is 7.89. The molecule has 0 aromatic heterocycles. The number of methoxy groups -OCH3 is 1. The van der Waals surface area contributed by atoms with E-state index in [9.17, 15) is 12.8 Å². The summed E-state index contributed by atoms with van der Waals surface area (Å²) in [5.74, 6) is 0.744. The molecule has 1 aliphatic rings. The van der Waals surface area contributed by atoms with Gasteiger partial charge >= 0.3 is 0 Å². The second-order valence-corrected chi connectivity index (χ2v) is 8.26. The highest BCUT2D eigenvalue weighted by Gasteiger charge is 2.32. The molecular weight excluding hydrogens is 357 g/mol. The van der Waals surface area contributed by atoms with Gasteiger partial charge in [-0.3, -0.25) is 0 Å². The van der Waals surface area contributed by atoms with Gasteiger partial charge in [-0.15, -0.1) is 0 Å². The van der Waals surface area contributed by atoms with Gasteiger partial charge in [-0.25, -0.2) is 12.8 Å². The Morgan fingerprint density at radius 2 is 1.85 bits per heavy atom. The van der Waals surface area contributed by atoms with Gasteiger partial charge in [0.2, 0.25) is 10.0 Å². The van der Waals surface area contributed by atoms with E-state index < -0.39 is 10.0 Å². The number of rotatable bonds is 6. The maximum absolute atomic E-state index is 12.9. The van der Waals surface area contributed by atoms with Gasteiger partial charge in [0.1, 0.15) is 23.9 Å². The number of nitrogens with zero attached hydrogens (tertiary/aromatic N) is 1. The minimum Gasteiger partial charge on any atom is -0.497 e. The molecule has 0 spiro atoms. The van der Waals surface area contributed by atoms with E-state index in [4.69, 9.17) is 9.47 Å². The fourth-order valence-corrected chi connectivity index (χ4v) is 4.70. The summed E-state index contributed by atoms with van der Waals surface area (Å²) in [6.45, 7) is 2.34. The van der Waals surface area contributed by atoms with E-state index in [0.717, 1.165) is 16.9 Å². The molecule has 1 atom stereocenters. The van der Waals surface area contributed by atoms with Crippen LogP contribution in [0.1, 0.15) is 24.1 Å². The summed E-state index contributed by atoms with van der Waals surface area (Å²) in [4.78, 5) is 0. The summed E-state index contributed by atoms with van der Waals surface area (Å²) in [5, 5.41) is 0. The monoisotopic (exact) mass is 379 g/mol. The molecule has 26 heavy (non-hydrogen) atoms. The van der Waals surface area contributed by atoms with E-state index in [2.05, 4.69) is 0 Å². The molecular formula is C19H22FNO4S. The van der Waals surface area contributed by atoms with Crippen molar-refractivity contribution in [1.82, 2.24) is 4.31 Å². The molecule has 0 saturated heterocycles. The van der Waals surface area contributed by atoms with Crippen molar-refractivity contribution in [2.24, 2.45) is 0 Å². The van der Waals surface area contributed by atoms with E-state index in [0.29, 0.717) is 18.7 Å². The molecule has 0 saturated carbocycles. The lowest BCUT2D eigenvalue weighted by atomic mass is 9.95. The smallest absolute Gasteiger partial charge is 0.218 e. The number of hydrogen-bond acceptors (Lipinski definition) is 4. The fraction of sp³-hybridized carbons (Fsp3) is 0.368. The van der Waals surface area contributed by atoms with Crippen molar-refractivity contribution in [3.05, 3.63) is 59.4 Å². The summed E-state index contributed by atoms with van der Waals surface area (Å²) in [6.07, 6.45) is 0.648. The zero-order valence-electron chi connectivity index (χ0n) is 14.8. The van der Waals surface area contributed by atoms with Crippen molar-refractivity contribution in [1.29, 1.82) is 0 Å². The molecule has 140 valence electrons. The van der Waals surface area contributed by atoms with Gasteiger partial charge in [-0.2, -0.15) is 4.31 Å². The van der Waals surface area contributed by atoms with Crippen LogP contribution in [0.3, 0.4) is 0 Å². The first-order valence-corrected chi connectivity index (χ1v) is 10.1. The number of sulfonamides is 1. The Morgan fingerprint density at radius 3 is 2.54 bits per heavy atom. The minimum atomic E-state index is -3.47. The van der Waals surface area contributed by atoms with Gasteiger partial charge in [-0.1, -0.05) is 6.07 Å². The van der Waals surface area contributed by atoms with E-state index in [1.807, 2.05) is 25.1 Å². The summed E-state index contributed by atoms with van der Waals surface area (Å²) in [7, 11) is -1.85. The highest BCUT2D eigenvalue weighted by Crippen LogP contribution is 2.33. The van der Waals surface area contributed by atoms with Crippen LogP contribution in [0.2, 0.25) is 0 Å². The second-order valence-electron chi connectivity index (χ2n) is 6.22. The number of fused-ring (bicyclic) bond motifs is 1. The SMILES string of the molecule is COc1ccc2c(c1)CCN(S(=O)(=O)CCOc1ccc(F)cc1)C2C. The average molecular weight is 379 g/mol. The van der Waals surface area contributed by atoms with Crippen LogP contribution in [0.4, 0.5) is 4.39 Å². The topological polar surface area (TPSA) is 55.8 Å². The molecule has 3 rings (SSSR count). The Bertz CT molecular complexity index is 868. The quantitative estimate of drug-likeness (QED) is 0.774. The van der Waals surface area contributed by atoms with Crippen molar-refractivity contribution < 1.29 is 22.3 Å². The first-order chi connectivity index (χ1) is 12.4. The number of ether oxygens (including phenoxy) is 2. The van der Waals surface area contributed by atoms with Crippen molar-refractivity contribution in [2.45, 2.75) is 19.4 Å². The largest absolute Gasteiger partial charge is 0.497 e. The van der Waals surface area contributed by atoms with Crippen LogP contribution >= 0.6 is 0 Å². The summed E-state index contributed by atoms with van der Waals surface area (Å²) in [5.41, 5.74) is 2.12. The van der Waals surface area contributed by atoms with Crippen LogP contribution in [-0.2, 0) is 16.4 Å². The Morgan fingerprint density at radius 1 is 1.15 bits per heavy atom. The Hall–Kier alpha value is -2.12. The van der Waals surface area contributed by atoms with Gasteiger partial charge in [0.25, 0.3) is 0 Å². The van der Waals surface area contributed by atoms with Crippen LogP contribution < -0.4 is 9.47 Å².